The van der Waals surface area contributed by atoms with E-state index in [2.05, 4.69) is 31.8 Å². The molecule has 1 atom stereocenters. The van der Waals surface area contributed by atoms with Crippen LogP contribution in [0.25, 0.3) is 11.0 Å². The van der Waals surface area contributed by atoms with Crippen molar-refractivity contribution in [2.45, 2.75) is 44.8 Å². The summed E-state index contributed by atoms with van der Waals surface area (Å²) in [5.74, 6) is 1.25. The van der Waals surface area contributed by atoms with Crippen molar-refractivity contribution >= 4 is 22.8 Å². The van der Waals surface area contributed by atoms with E-state index in [4.69, 9.17) is 5.73 Å². The van der Waals surface area contributed by atoms with E-state index in [1.807, 2.05) is 18.0 Å². The number of nitrogens with zero attached hydrogens (tertiary/aromatic N) is 4. The van der Waals surface area contributed by atoms with Crippen LogP contribution in [0.3, 0.4) is 0 Å². The summed E-state index contributed by atoms with van der Waals surface area (Å²) in [4.78, 5) is 18.1. The normalized spacial score (nSPS) is 16.4. The number of rotatable bonds is 6. The van der Waals surface area contributed by atoms with E-state index in [9.17, 15) is 13.2 Å². The summed E-state index contributed by atoms with van der Waals surface area (Å²) >= 11 is 0. The number of aryl methyl sites for hydroxylation is 2. The number of fused-ring (bicyclic) bond motifs is 2. The fourth-order valence-electron chi connectivity index (χ4n) is 3.95. The van der Waals surface area contributed by atoms with Gasteiger partial charge in [-0.3, -0.25) is 0 Å². The van der Waals surface area contributed by atoms with Crippen molar-refractivity contribution in [1.82, 2.24) is 19.9 Å². The molecule has 7 nitrogen and oxygen atoms in total. The van der Waals surface area contributed by atoms with E-state index < -0.39 is 12.6 Å². The molecule has 4 rings (SSSR count). The maximum absolute atomic E-state index is 12.9. The fourth-order valence-corrected chi connectivity index (χ4v) is 3.95. The first-order valence-electron chi connectivity index (χ1n) is 10.1. The number of alkyl halides is 3. The molecule has 3 aromatic heterocycles. The molecule has 1 aliphatic rings. The third-order valence-electron chi connectivity index (χ3n) is 5.42. The molecule has 164 valence electrons. The first-order chi connectivity index (χ1) is 14.7. The molecular formula is C21H24F3N7. The van der Waals surface area contributed by atoms with E-state index in [0.717, 1.165) is 22.9 Å². The monoisotopic (exact) mass is 431 g/mol. The molecule has 0 aromatic carbocycles. The van der Waals surface area contributed by atoms with Gasteiger partial charge < -0.3 is 20.9 Å². The summed E-state index contributed by atoms with van der Waals surface area (Å²) < 4.78 is 38.8. The summed E-state index contributed by atoms with van der Waals surface area (Å²) in [6, 6.07) is 3.11. The molecule has 4 heterocycles. The van der Waals surface area contributed by atoms with Crippen LogP contribution in [0.15, 0.2) is 36.9 Å². The highest BCUT2D eigenvalue weighted by Gasteiger charge is 2.32. The Kier molecular flexibility index (Phi) is 5.57. The molecule has 0 spiro atoms. The van der Waals surface area contributed by atoms with Gasteiger partial charge in [-0.05, 0) is 49.9 Å². The fraction of sp³-hybridized carbons (Fsp3) is 0.381. The van der Waals surface area contributed by atoms with Crippen LogP contribution in [0.2, 0.25) is 0 Å². The van der Waals surface area contributed by atoms with E-state index in [1.165, 1.54) is 6.07 Å². The van der Waals surface area contributed by atoms with Gasteiger partial charge in [0, 0.05) is 23.8 Å². The van der Waals surface area contributed by atoms with Crippen molar-refractivity contribution < 1.29 is 13.2 Å². The molecule has 0 aliphatic carbocycles. The predicted octanol–water partition coefficient (Wildman–Crippen LogP) is 3.82. The smallest absolute Gasteiger partial charge is 0.346 e. The van der Waals surface area contributed by atoms with Crippen LogP contribution >= 0.6 is 0 Å². The lowest BCUT2D eigenvalue weighted by Gasteiger charge is -2.39. The second kappa shape index (κ2) is 8.18. The molecule has 0 fully saturated rings. The largest absolute Gasteiger partial charge is 0.394 e. The highest BCUT2D eigenvalue weighted by molar-refractivity contribution is 5.79. The molecule has 10 heteroatoms. The van der Waals surface area contributed by atoms with E-state index >= 15 is 0 Å². The molecule has 4 N–H and O–H groups in total. The second-order valence-electron chi connectivity index (χ2n) is 7.72. The average Bonchev–Trinajstić information content (AvgIpc) is 3.07. The average molecular weight is 431 g/mol. The van der Waals surface area contributed by atoms with Gasteiger partial charge in [-0.15, -0.1) is 0 Å². The molecule has 0 radical (unpaired) electrons. The standard InChI is InChI=1S/C21H24F3N7/c1-12-10-26-18-17(12)11-27-20(30-18)28-13(2)31-16(7-8-25)6-4-14-3-5-15(29-19(14)31)9-21(22,23)24/h3,5,10-11,16H,2,4,6-9,25H2,1H3,(H2,26,27,28,30). The van der Waals surface area contributed by atoms with E-state index in [1.54, 1.807) is 12.3 Å². The van der Waals surface area contributed by atoms with Crippen molar-refractivity contribution in [3.63, 3.8) is 0 Å². The number of anilines is 2. The number of hydrogen-bond acceptors (Lipinski definition) is 6. The molecule has 31 heavy (non-hydrogen) atoms. The van der Waals surface area contributed by atoms with E-state index in [0.29, 0.717) is 42.6 Å². The molecule has 1 unspecified atom stereocenters. The summed E-state index contributed by atoms with van der Waals surface area (Å²) in [5.41, 5.74) is 8.36. The van der Waals surface area contributed by atoms with Gasteiger partial charge >= 0.3 is 6.18 Å². The maximum Gasteiger partial charge on any atom is 0.394 e. The van der Waals surface area contributed by atoms with E-state index in [-0.39, 0.29) is 11.7 Å². The Morgan fingerprint density at radius 1 is 1.35 bits per heavy atom. The number of H-pyrrole nitrogens is 1. The summed E-state index contributed by atoms with van der Waals surface area (Å²) in [7, 11) is 0. The lowest BCUT2D eigenvalue weighted by molar-refractivity contribution is -0.127. The number of halogens is 3. The minimum atomic E-state index is -4.33. The number of pyridine rings is 1. The zero-order valence-electron chi connectivity index (χ0n) is 17.1. The Morgan fingerprint density at radius 3 is 2.90 bits per heavy atom. The Hall–Kier alpha value is -3.14. The van der Waals surface area contributed by atoms with Crippen molar-refractivity contribution in [1.29, 1.82) is 0 Å². The minimum Gasteiger partial charge on any atom is -0.346 e. The first-order valence-corrected chi connectivity index (χ1v) is 10.1. The van der Waals surface area contributed by atoms with Crippen LogP contribution < -0.4 is 16.0 Å². The summed E-state index contributed by atoms with van der Waals surface area (Å²) in [6.45, 7) is 6.52. The van der Waals surface area contributed by atoms with Crippen LogP contribution in [-0.4, -0.2) is 38.7 Å². The lowest BCUT2D eigenvalue weighted by Crippen LogP contribution is -2.42. The Labute approximate surface area is 177 Å². The lowest BCUT2D eigenvalue weighted by atomic mass is 9.96. The molecule has 0 saturated carbocycles. The van der Waals surface area contributed by atoms with Crippen molar-refractivity contribution in [3.8, 4) is 0 Å². The van der Waals surface area contributed by atoms with Gasteiger partial charge in [-0.25, -0.2) is 9.97 Å². The number of hydrogen-bond donors (Lipinski definition) is 3. The van der Waals surface area contributed by atoms with Gasteiger partial charge in [-0.1, -0.05) is 12.6 Å². The Balaban J connectivity index is 1.66. The minimum absolute atomic E-state index is 0.0306. The van der Waals surface area contributed by atoms with Gasteiger partial charge in [0.05, 0.1) is 12.1 Å². The number of aromatic nitrogens is 4. The van der Waals surface area contributed by atoms with Gasteiger partial charge in [0.2, 0.25) is 5.95 Å². The molecule has 3 aromatic rings. The van der Waals surface area contributed by atoms with Gasteiger partial charge in [-0.2, -0.15) is 18.2 Å². The quantitative estimate of drug-likeness (QED) is 0.549. The summed E-state index contributed by atoms with van der Waals surface area (Å²) in [5, 5.41) is 4.01. The third kappa shape index (κ3) is 4.48. The molecule has 0 saturated heterocycles. The van der Waals surface area contributed by atoms with Crippen LogP contribution in [0.1, 0.15) is 29.7 Å². The van der Waals surface area contributed by atoms with Crippen LogP contribution in [0, 0.1) is 6.92 Å². The zero-order chi connectivity index (χ0) is 22.2. The third-order valence-corrected chi connectivity index (χ3v) is 5.42. The van der Waals surface area contributed by atoms with Gasteiger partial charge in [0.25, 0.3) is 0 Å². The Morgan fingerprint density at radius 2 is 2.16 bits per heavy atom. The number of nitrogens with one attached hydrogen (secondary N) is 2. The van der Waals surface area contributed by atoms with Crippen LogP contribution in [0.4, 0.5) is 24.9 Å². The molecule has 0 bridgehead atoms. The predicted molar refractivity (Wildman–Crippen MR) is 114 cm³/mol. The topological polar surface area (TPSA) is 95.8 Å². The van der Waals surface area contributed by atoms with Gasteiger partial charge in [0.15, 0.2) is 0 Å². The number of aromatic amines is 1. The van der Waals surface area contributed by atoms with Crippen LogP contribution in [-0.2, 0) is 12.8 Å². The van der Waals surface area contributed by atoms with Crippen molar-refractivity contribution in [3.05, 3.63) is 53.7 Å². The molecule has 1 aliphatic heterocycles. The van der Waals surface area contributed by atoms with Crippen molar-refractivity contribution in [2.75, 3.05) is 16.8 Å². The molecular weight excluding hydrogens is 407 g/mol. The Bertz CT molecular complexity index is 1110. The highest BCUT2D eigenvalue weighted by atomic mass is 19.4. The van der Waals surface area contributed by atoms with Crippen LogP contribution in [0.5, 0.6) is 0 Å². The second-order valence-corrected chi connectivity index (χ2v) is 7.72. The highest BCUT2D eigenvalue weighted by Crippen LogP contribution is 2.34. The zero-order valence-corrected chi connectivity index (χ0v) is 17.1. The van der Waals surface area contributed by atoms with Crippen molar-refractivity contribution in [2.24, 2.45) is 5.73 Å². The van der Waals surface area contributed by atoms with Gasteiger partial charge in [0.1, 0.15) is 17.3 Å². The first kappa shape index (κ1) is 21.1. The summed E-state index contributed by atoms with van der Waals surface area (Å²) in [6.07, 6.45) is 0.314. The maximum atomic E-state index is 12.9. The molecule has 0 amide bonds. The SMILES string of the molecule is C=C(Nc1ncc2c(C)c[nH]c2n1)N1c2nc(CC(F)(F)F)ccc2CCC1CCN. The number of nitrogens with two attached hydrogens (primary N) is 1.